The lowest BCUT2D eigenvalue weighted by Crippen LogP contribution is -2.49. The molecule has 0 fully saturated rings. The van der Waals surface area contributed by atoms with Gasteiger partial charge in [-0.3, -0.25) is 4.98 Å². The fourth-order valence-electron chi connectivity index (χ4n) is 2.89. The monoisotopic (exact) mass is 559 g/mol. The van der Waals surface area contributed by atoms with E-state index in [9.17, 15) is 43.2 Å². The van der Waals surface area contributed by atoms with Gasteiger partial charge in [-0.25, -0.2) is 4.98 Å². The van der Waals surface area contributed by atoms with Crippen LogP contribution in [0.25, 0.3) is 21.8 Å². The molecule has 7 nitrogen and oxygen atoms in total. The minimum Gasteiger partial charge on any atom is -0.261 e. The Morgan fingerprint density at radius 2 is 1.46 bits per heavy atom. The van der Waals surface area contributed by atoms with Gasteiger partial charge in [0.25, 0.3) is 0 Å². The highest BCUT2D eigenvalue weighted by Gasteiger charge is 2.61. The van der Waals surface area contributed by atoms with Crippen LogP contribution in [0.4, 0.5) is 32.0 Å². The Bertz CT molecular complexity index is 1370. The number of alkyl halides is 6. The number of anilines is 1. The van der Waals surface area contributed by atoms with Crippen molar-refractivity contribution >= 4 is 37.1 Å². The number of rotatable bonds is 7. The second-order valence-electron chi connectivity index (χ2n) is 6.97. The molecule has 0 saturated heterocycles. The number of benzene rings is 1. The van der Waals surface area contributed by atoms with Crippen LogP contribution in [0.15, 0.2) is 48.0 Å². The van der Waals surface area contributed by atoms with Gasteiger partial charge >= 0.3 is 31.1 Å². The van der Waals surface area contributed by atoms with Gasteiger partial charge in [-0.15, -0.1) is 15.0 Å². The van der Waals surface area contributed by atoms with Crippen LogP contribution in [0.5, 0.6) is 0 Å². The summed E-state index contributed by atoms with van der Waals surface area (Å²) < 4.78 is 123. The van der Waals surface area contributed by atoms with Crippen LogP contribution >= 0.6 is 11.3 Å². The van der Waals surface area contributed by atoms with E-state index in [1.54, 1.807) is 17.6 Å². The first-order chi connectivity index (χ1) is 16.1. The Morgan fingerprint density at radius 3 is 1.97 bits per heavy atom. The van der Waals surface area contributed by atoms with Crippen LogP contribution in [0, 0.1) is 0 Å². The van der Waals surface area contributed by atoms with Gasteiger partial charge in [0.1, 0.15) is 5.01 Å². The smallest absolute Gasteiger partial charge is 0.261 e. The van der Waals surface area contributed by atoms with Gasteiger partial charge in [-0.1, -0.05) is 25.5 Å². The van der Waals surface area contributed by atoms with E-state index in [1.165, 1.54) is 11.3 Å². The highest BCUT2D eigenvalue weighted by Crippen LogP contribution is 2.39. The van der Waals surface area contributed by atoms with Crippen LogP contribution in [-0.4, -0.2) is 37.8 Å². The summed E-state index contributed by atoms with van der Waals surface area (Å²) >= 11 is 1.21. The molecule has 35 heavy (non-hydrogen) atoms. The number of hydrogen-bond acceptors (Lipinski definition) is 7. The zero-order valence-corrected chi connectivity index (χ0v) is 19.9. The molecule has 3 aromatic rings. The van der Waals surface area contributed by atoms with Gasteiger partial charge < -0.3 is 0 Å². The van der Waals surface area contributed by atoms with Crippen molar-refractivity contribution in [3.63, 3.8) is 0 Å². The molecule has 2 aromatic heterocycles. The van der Waals surface area contributed by atoms with E-state index in [1.807, 2.05) is 13.0 Å². The molecule has 16 heteroatoms. The van der Waals surface area contributed by atoms with Crippen molar-refractivity contribution in [3.05, 3.63) is 53.7 Å². The summed E-state index contributed by atoms with van der Waals surface area (Å²) in [6.45, 7) is 1.99. The minimum absolute atomic E-state index is 0.202. The third-order valence-corrected chi connectivity index (χ3v) is 9.00. The molecule has 0 spiro atoms. The van der Waals surface area contributed by atoms with Gasteiger partial charge in [0, 0.05) is 28.4 Å². The summed E-state index contributed by atoms with van der Waals surface area (Å²) in [5, 5.41) is 2.13. The van der Waals surface area contributed by atoms with Crippen LogP contribution in [0.1, 0.15) is 19.0 Å². The van der Waals surface area contributed by atoms with E-state index in [2.05, 4.69) is 9.97 Å². The second kappa shape index (κ2) is 9.39. The van der Waals surface area contributed by atoms with E-state index in [-0.39, 0.29) is 11.3 Å². The first-order valence-electron chi connectivity index (χ1n) is 9.54. The third kappa shape index (κ3) is 5.28. The molecule has 0 aliphatic rings. The van der Waals surface area contributed by atoms with Crippen LogP contribution in [-0.2, 0) is 26.5 Å². The second-order valence-corrected chi connectivity index (χ2v) is 11.6. The lowest BCUT2D eigenvalue weighted by molar-refractivity contribution is -0.0462. The Hall–Kier alpha value is -2.72. The molecular formula is C19H15F6N3O4S3. The van der Waals surface area contributed by atoms with Gasteiger partial charge in [0.15, 0.2) is 0 Å². The Labute approximate surface area is 200 Å². The van der Waals surface area contributed by atoms with Gasteiger partial charge in [0.05, 0.1) is 11.4 Å². The highest BCUT2D eigenvalue weighted by atomic mass is 32.3. The average molecular weight is 560 g/mol. The summed E-state index contributed by atoms with van der Waals surface area (Å²) in [5.41, 5.74) is -11.9. The zero-order chi connectivity index (χ0) is 26.2. The number of pyridine rings is 1. The SMILES string of the molecule is CCCc1cc(-c2nc(-c3ccc(N(S(=O)(=O)C(F)(F)F)S(=O)(=O)C(F)(F)F)cc3)cs2)ccn1. The Morgan fingerprint density at radius 1 is 0.886 bits per heavy atom. The molecule has 0 aliphatic heterocycles. The first kappa shape index (κ1) is 26.9. The maximum atomic E-state index is 13.0. The van der Waals surface area contributed by atoms with E-state index >= 15 is 0 Å². The quantitative estimate of drug-likeness (QED) is 0.363. The molecule has 0 radical (unpaired) electrons. The fraction of sp³-hybridized carbons (Fsp3) is 0.263. The van der Waals surface area contributed by atoms with E-state index in [0.29, 0.717) is 17.1 Å². The number of hydrogen-bond donors (Lipinski definition) is 0. The number of nitrogens with zero attached hydrogens (tertiary/aromatic N) is 3. The number of sulfonamides is 2. The largest absolute Gasteiger partial charge is 0.517 e. The Kier molecular flexibility index (Phi) is 7.21. The first-order valence-corrected chi connectivity index (χ1v) is 13.3. The average Bonchev–Trinajstić information content (AvgIpc) is 3.23. The summed E-state index contributed by atoms with van der Waals surface area (Å²) in [5.74, 6) is 0. The van der Waals surface area contributed by atoms with Gasteiger partial charge in [0.2, 0.25) is 0 Å². The number of aryl methyl sites for hydroxylation is 1. The summed E-state index contributed by atoms with van der Waals surface area (Å²) in [6.07, 6.45) is 3.22. The third-order valence-electron chi connectivity index (χ3n) is 4.47. The Balaban J connectivity index is 2.01. The van der Waals surface area contributed by atoms with Crippen LogP contribution in [0.3, 0.4) is 0 Å². The molecule has 2 heterocycles. The molecule has 3 rings (SSSR count). The summed E-state index contributed by atoms with van der Waals surface area (Å²) in [6, 6.07) is 6.52. The summed E-state index contributed by atoms with van der Waals surface area (Å²) in [4.78, 5) is 8.62. The normalized spacial score (nSPS) is 13.1. The minimum atomic E-state index is -6.94. The van der Waals surface area contributed by atoms with E-state index in [0.717, 1.165) is 36.2 Å². The predicted molar refractivity (Wildman–Crippen MR) is 117 cm³/mol. The van der Waals surface area contributed by atoms with Gasteiger partial charge in [-0.05, 0) is 30.7 Å². The van der Waals surface area contributed by atoms with Crippen LogP contribution < -0.4 is 3.71 Å². The van der Waals surface area contributed by atoms with Crippen molar-refractivity contribution < 1.29 is 43.2 Å². The van der Waals surface area contributed by atoms with Gasteiger partial charge in [-0.2, -0.15) is 43.2 Å². The molecule has 0 bridgehead atoms. The topological polar surface area (TPSA) is 97.3 Å². The molecular weight excluding hydrogens is 544 g/mol. The number of aromatic nitrogens is 2. The number of halogens is 6. The predicted octanol–water partition coefficient (Wildman–Crippen LogP) is 5.33. The maximum absolute atomic E-state index is 13.0. The lowest BCUT2D eigenvalue weighted by Gasteiger charge is -2.25. The van der Waals surface area contributed by atoms with Crippen molar-refractivity contribution in [2.45, 2.75) is 30.8 Å². The highest BCUT2D eigenvalue weighted by molar-refractivity contribution is 8.11. The standard InChI is InChI=1S/C19H15F6N3O4S3/c1-2-3-14-10-13(8-9-26-14)17-27-16(11-33-17)12-4-6-15(7-5-12)28(34(29,30)18(20,21)22)35(31,32)19(23,24)25/h4-11H,2-3H2,1H3. The molecule has 0 N–H and O–H groups in total. The van der Waals surface area contributed by atoms with Crippen molar-refractivity contribution in [3.8, 4) is 21.8 Å². The lowest BCUT2D eigenvalue weighted by atomic mass is 10.1. The zero-order valence-electron chi connectivity index (χ0n) is 17.5. The molecule has 190 valence electrons. The molecule has 0 atom stereocenters. The van der Waals surface area contributed by atoms with Crippen LogP contribution in [0.2, 0.25) is 0 Å². The van der Waals surface area contributed by atoms with Crippen molar-refractivity contribution in [2.24, 2.45) is 0 Å². The van der Waals surface area contributed by atoms with Crippen molar-refractivity contribution in [1.82, 2.24) is 9.97 Å². The number of thiazole rings is 1. The molecule has 0 amide bonds. The maximum Gasteiger partial charge on any atom is 0.517 e. The van der Waals surface area contributed by atoms with Crippen molar-refractivity contribution in [1.29, 1.82) is 0 Å². The molecule has 1 aromatic carbocycles. The van der Waals surface area contributed by atoms with E-state index < -0.39 is 40.5 Å². The van der Waals surface area contributed by atoms with Crippen molar-refractivity contribution in [2.75, 3.05) is 3.71 Å². The molecule has 0 saturated carbocycles. The molecule has 0 unspecified atom stereocenters. The summed E-state index contributed by atoms with van der Waals surface area (Å²) in [7, 11) is -13.9. The molecule has 0 aliphatic carbocycles. The van der Waals surface area contributed by atoms with E-state index in [4.69, 9.17) is 0 Å². The fourth-order valence-corrected chi connectivity index (χ4v) is 6.43.